The van der Waals surface area contributed by atoms with Crippen LogP contribution in [-0.4, -0.2) is 35.0 Å². The Morgan fingerprint density at radius 3 is 2.48 bits per heavy atom. The van der Waals surface area contributed by atoms with Gasteiger partial charge in [-0.05, 0) is 68.4 Å². The first-order valence-corrected chi connectivity index (χ1v) is 11.8. The summed E-state index contributed by atoms with van der Waals surface area (Å²) in [6, 6.07) is 16.8. The van der Waals surface area contributed by atoms with Gasteiger partial charge in [-0.25, -0.2) is 14.4 Å². The second-order valence-electron chi connectivity index (χ2n) is 8.84. The largest absolute Gasteiger partial charge is 0.356 e. The van der Waals surface area contributed by atoms with Crippen LogP contribution in [0.1, 0.15) is 49.0 Å². The van der Waals surface area contributed by atoms with Crippen molar-refractivity contribution >= 4 is 11.7 Å². The normalized spacial score (nSPS) is 15.3. The standard InChI is InChI=1S/C27H31FN4O/c1-3-19(2)30-27(33)24-18-29-25(22-9-11-23(28)12-10-22)31-26(24)32-15-13-21(14-16-32)17-20-7-5-4-6-8-20/h4-12,18-19,21H,3,13-17H2,1-2H3,(H,30,33)/t19-/m0/s1. The molecule has 0 unspecified atom stereocenters. The maximum atomic E-state index is 13.4. The summed E-state index contributed by atoms with van der Waals surface area (Å²) in [5, 5.41) is 3.04. The molecule has 2 heterocycles. The summed E-state index contributed by atoms with van der Waals surface area (Å²) in [5.74, 6) is 1.31. The molecule has 0 saturated carbocycles. The molecule has 1 fully saturated rings. The summed E-state index contributed by atoms with van der Waals surface area (Å²) in [7, 11) is 0. The van der Waals surface area contributed by atoms with Gasteiger partial charge >= 0.3 is 0 Å². The van der Waals surface area contributed by atoms with Crippen molar-refractivity contribution in [1.82, 2.24) is 15.3 Å². The van der Waals surface area contributed by atoms with Crippen LogP contribution in [0.4, 0.5) is 10.2 Å². The number of benzene rings is 2. The fourth-order valence-corrected chi connectivity index (χ4v) is 4.21. The quantitative estimate of drug-likeness (QED) is 0.537. The lowest BCUT2D eigenvalue weighted by Crippen LogP contribution is -2.38. The predicted octanol–water partition coefficient (Wildman–Crippen LogP) is 5.27. The molecule has 1 amide bonds. The van der Waals surface area contributed by atoms with Crippen molar-refractivity contribution in [2.45, 2.75) is 45.6 Å². The molecular formula is C27H31FN4O. The third kappa shape index (κ3) is 5.75. The smallest absolute Gasteiger partial charge is 0.256 e. The lowest BCUT2D eigenvalue weighted by Gasteiger charge is -2.34. The van der Waals surface area contributed by atoms with Gasteiger partial charge in [0.15, 0.2) is 5.82 Å². The van der Waals surface area contributed by atoms with Crippen molar-refractivity contribution in [3.8, 4) is 11.4 Å². The van der Waals surface area contributed by atoms with Gasteiger partial charge < -0.3 is 10.2 Å². The van der Waals surface area contributed by atoms with Crippen molar-refractivity contribution in [3.63, 3.8) is 0 Å². The van der Waals surface area contributed by atoms with Gasteiger partial charge in [0.2, 0.25) is 0 Å². The molecule has 1 N–H and O–H groups in total. The molecule has 0 aliphatic carbocycles. The van der Waals surface area contributed by atoms with Crippen LogP contribution in [0.25, 0.3) is 11.4 Å². The molecule has 172 valence electrons. The van der Waals surface area contributed by atoms with E-state index in [0.29, 0.717) is 23.1 Å². The fraction of sp³-hybridized carbons (Fsp3) is 0.370. The lowest BCUT2D eigenvalue weighted by atomic mass is 9.90. The maximum absolute atomic E-state index is 13.4. The first-order valence-electron chi connectivity index (χ1n) is 11.8. The number of aromatic nitrogens is 2. The van der Waals surface area contributed by atoms with Crippen LogP contribution in [0, 0.1) is 11.7 Å². The second kappa shape index (κ2) is 10.6. The molecule has 6 heteroatoms. The zero-order valence-corrected chi connectivity index (χ0v) is 19.3. The molecule has 0 radical (unpaired) electrons. The number of hydrogen-bond acceptors (Lipinski definition) is 4. The van der Waals surface area contributed by atoms with Crippen LogP contribution >= 0.6 is 0 Å². The highest BCUT2D eigenvalue weighted by Gasteiger charge is 2.26. The summed E-state index contributed by atoms with van der Waals surface area (Å²) in [4.78, 5) is 24.4. The van der Waals surface area contributed by atoms with E-state index in [4.69, 9.17) is 4.98 Å². The number of nitrogens with one attached hydrogen (secondary N) is 1. The summed E-state index contributed by atoms with van der Waals surface area (Å²) in [5.41, 5.74) is 2.58. The molecule has 2 aromatic carbocycles. The van der Waals surface area contributed by atoms with E-state index < -0.39 is 0 Å². The van der Waals surface area contributed by atoms with E-state index >= 15 is 0 Å². The van der Waals surface area contributed by atoms with Crippen LogP contribution in [0.15, 0.2) is 60.8 Å². The fourth-order valence-electron chi connectivity index (χ4n) is 4.21. The summed E-state index contributed by atoms with van der Waals surface area (Å²) in [6.45, 7) is 5.69. The van der Waals surface area contributed by atoms with E-state index in [1.807, 2.05) is 19.9 Å². The topological polar surface area (TPSA) is 58.1 Å². The third-order valence-corrected chi connectivity index (χ3v) is 6.39. The van der Waals surface area contributed by atoms with Crippen molar-refractivity contribution < 1.29 is 9.18 Å². The van der Waals surface area contributed by atoms with E-state index in [1.165, 1.54) is 17.7 Å². The zero-order valence-electron chi connectivity index (χ0n) is 19.3. The Bertz CT molecular complexity index is 1060. The minimum atomic E-state index is -0.302. The summed E-state index contributed by atoms with van der Waals surface area (Å²) < 4.78 is 13.4. The van der Waals surface area contributed by atoms with Crippen LogP contribution in [0.3, 0.4) is 0 Å². The Morgan fingerprint density at radius 1 is 1.12 bits per heavy atom. The van der Waals surface area contributed by atoms with Gasteiger partial charge in [0, 0.05) is 30.9 Å². The Balaban J connectivity index is 1.56. The lowest BCUT2D eigenvalue weighted by molar-refractivity contribution is 0.0939. The van der Waals surface area contributed by atoms with Gasteiger partial charge in [0.1, 0.15) is 17.2 Å². The van der Waals surface area contributed by atoms with E-state index in [-0.39, 0.29) is 17.8 Å². The average Bonchev–Trinajstić information content (AvgIpc) is 2.85. The van der Waals surface area contributed by atoms with Crippen LogP contribution in [0.5, 0.6) is 0 Å². The van der Waals surface area contributed by atoms with Crippen LogP contribution < -0.4 is 10.2 Å². The summed E-state index contributed by atoms with van der Waals surface area (Å²) >= 11 is 0. The molecule has 1 atom stereocenters. The highest BCUT2D eigenvalue weighted by molar-refractivity contribution is 5.99. The van der Waals surface area contributed by atoms with Gasteiger partial charge in [0.25, 0.3) is 5.91 Å². The van der Waals surface area contributed by atoms with E-state index in [1.54, 1.807) is 18.3 Å². The van der Waals surface area contributed by atoms with E-state index in [2.05, 4.69) is 39.5 Å². The molecular weight excluding hydrogens is 415 g/mol. The molecule has 5 nitrogen and oxygen atoms in total. The summed E-state index contributed by atoms with van der Waals surface area (Å²) in [6.07, 6.45) is 5.60. The first-order chi connectivity index (χ1) is 16.0. The molecule has 1 aliphatic rings. The Morgan fingerprint density at radius 2 is 1.82 bits per heavy atom. The van der Waals surface area contributed by atoms with Gasteiger partial charge in [-0.3, -0.25) is 4.79 Å². The number of carbonyl (C=O) groups is 1. The number of anilines is 1. The van der Waals surface area contributed by atoms with Crippen LogP contribution in [0.2, 0.25) is 0 Å². The molecule has 4 rings (SSSR count). The highest BCUT2D eigenvalue weighted by atomic mass is 19.1. The number of carbonyl (C=O) groups excluding carboxylic acids is 1. The molecule has 0 bridgehead atoms. The van der Waals surface area contributed by atoms with E-state index in [9.17, 15) is 9.18 Å². The van der Waals surface area contributed by atoms with Crippen molar-refractivity contribution in [3.05, 3.63) is 77.7 Å². The predicted molar refractivity (Wildman–Crippen MR) is 130 cm³/mol. The number of nitrogens with zero attached hydrogens (tertiary/aromatic N) is 3. The van der Waals surface area contributed by atoms with Crippen molar-refractivity contribution in [1.29, 1.82) is 0 Å². The van der Waals surface area contributed by atoms with Crippen molar-refractivity contribution in [2.24, 2.45) is 5.92 Å². The Hall–Kier alpha value is -3.28. The minimum Gasteiger partial charge on any atom is -0.356 e. The van der Waals surface area contributed by atoms with Gasteiger partial charge in [-0.1, -0.05) is 37.3 Å². The maximum Gasteiger partial charge on any atom is 0.256 e. The molecule has 1 aliphatic heterocycles. The van der Waals surface area contributed by atoms with E-state index in [0.717, 1.165) is 44.3 Å². The molecule has 1 aromatic heterocycles. The number of piperidine rings is 1. The molecule has 0 spiro atoms. The second-order valence-corrected chi connectivity index (χ2v) is 8.84. The number of amides is 1. The highest BCUT2D eigenvalue weighted by Crippen LogP contribution is 2.28. The minimum absolute atomic E-state index is 0.0683. The van der Waals surface area contributed by atoms with Crippen LogP contribution in [-0.2, 0) is 6.42 Å². The Labute approximate surface area is 195 Å². The number of rotatable bonds is 7. The third-order valence-electron chi connectivity index (χ3n) is 6.39. The average molecular weight is 447 g/mol. The van der Waals surface area contributed by atoms with Crippen molar-refractivity contribution in [2.75, 3.05) is 18.0 Å². The van der Waals surface area contributed by atoms with Gasteiger partial charge in [-0.15, -0.1) is 0 Å². The van der Waals surface area contributed by atoms with Gasteiger partial charge in [-0.2, -0.15) is 0 Å². The number of hydrogen-bond donors (Lipinski definition) is 1. The van der Waals surface area contributed by atoms with Gasteiger partial charge in [0.05, 0.1) is 0 Å². The molecule has 1 saturated heterocycles. The number of halogens is 1. The Kier molecular flexibility index (Phi) is 7.33. The molecule has 33 heavy (non-hydrogen) atoms. The SMILES string of the molecule is CC[C@H](C)NC(=O)c1cnc(-c2ccc(F)cc2)nc1N1CCC(Cc2ccccc2)CC1. The monoisotopic (exact) mass is 446 g/mol. The zero-order chi connectivity index (χ0) is 23.2. The molecule has 3 aromatic rings. The first kappa shape index (κ1) is 22.9.